The predicted octanol–water partition coefficient (Wildman–Crippen LogP) is 2.10. The summed E-state index contributed by atoms with van der Waals surface area (Å²) in [6.45, 7) is 3.89. The second kappa shape index (κ2) is 6.96. The lowest BCUT2D eigenvalue weighted by molar-refractivity contribution is -0.113. The lowest BCUT2D eigenvalue weighted by Gasteiger charge is -2.07. The number of nitrogens with one attached hydrogen (secondary N) is 2. The highest BCUT2D eigenvalue weighted by Crippen LogP contribution is 2.34. The number of aromatic amines is 1. The highest BCUT2D eigenvalue weighted by atomic mass is 32.2. The fourth-order valence-corrected chi connectivity index (χ4v) is 3.08. The minimum absolute atomic E-state index is 0.141. The van der Waals surface area contributed by atoms with Crippen molar-refractivity contribution in [3.63, 3.8) is 0 Å². The Balaban J connectivity index is 1.61. The smallest absolute Gasteiger partial charge is 0.254 e. The van der Waals surface area contributed by atoms with Gasteiger partial charge in [0.1, 0.15) is 0 Å². The van der Waals surface area contributed by atoms with Crippen LogP contribution in [-0.2, 0) is 11.2 Å². The molecule has 0 bridgehead atoms. The summed E-state index contributed by atoms with van der Waals surface area (Å²) in [5, 5.41) is 3.22. The predicted molar refractivity (Wildman–Crippen MR) is 90.9 cm³/mol. The van der Waals surface area contributed by atoms with Gasteiger partial charge in [0.25, 0.3) is 5.56 Å². The van der Waals surface area contributed by atoms with Crippen molar-refractivity contribution >= 4 is 23.4 Å². The van der Waals surface area contributed by atoms with Crippen LogP contribution in [0.2, 0.25) is 0 Å². The molecule has 1 aromatic carbocycles. The van der Waals surface area contributed by atoms with Crippen molar-refractivity contribution in [2.45, 2.75) is 25.4 Å². The zero-order valence-corrected chi connectivity index (χ0v) is 14.2. The molecule has 1 aromatic heterocycles. The van der Waals surface area contributed by atoms with Crippen LogP contribution in [0.1, 0.15) is 18.2 Å². The molecule has 0 saturated carbocycles. The number of rotatable bonds is 5. The molecule has 3 rings (SSSR count). The van der Waals surface area contributed by atoms with Gasteiger partial charge in [0.15, 0.2) is 16.7 Å². The maximum atomic E-state index is 12.1. The SMILES string of the molecule is CCc1c(C)nc(SCC(=O)Nc2ccc3c(c2)OCO3)[nH]c1=O. The Kier molecular flexibility index (Phi) is 4.75. The van der Waals surface area contributed by atoms with Crippen LogP contribution in [0.5, 0.6) is 11.5 Å². The van der Waals surface area contributed by atoms with E-state index < -0.39 is 0 Å². The first kappa shape index (κ1) is 16.4. The molecule has 8 heteroatoms. The van der Waals surface area contributed by atoms with Crippen molar-refractivity contribution in [1.82, 2.24) is 9.97 Å². The molecule has 0 spiro atoms. The molecule has 0 atom stereocenters. The number of hydrogen-bond donors (Lipinski definition) is 2. The van der Waals surface area contributed by atoms with E-state index in [0.29, 0.717) is 40.0 Å². The number of H-pyrrole nitrogens is 1. The molecule has 2 N–H and O–H groups in total. The number of amides is 1. The molecule has 0 radical (unpaired) electrons. The molecular weight excluding hydrogens is 330 g/mol. The summed E-state index contributed by atoms with van der Waals surface area (Å²) in [7, 11) is 0. The van der Waals surface area contributed by atoms with Crippen molar-refractivity contribution in [2.24, 2.45) is 0 Å². The number of hydrogen-bond acceptors (Lipinski definition) is 6. The minimum atomic E-state index is -0.196. The van der Waals surface area contributed by atoms with Crippen LogP contribution in [-0.4, -0.2) is 28.4 Å². The van der Waals surface area contributed by atoms with E-state index in [1.54, 1.807) is 25.1 Å². The van der Waals surface area contributed by atoms with Crippen LogP contribution in [0.3, 0.4) is 0 Å². The summed E-state index contributed by atoms with van der Waals surface area (Å²) >= 11 is 1.19. The molecule has 7 nitrogen and oxygen atoms in total. The first-order chi connectivity index (χ1) is 11.6. The van der Waals surface area contributed by atoms with Crippen LogP contribution in [0.15, 0.2) is 28.2 Å². The molecule has 1 aliphatic rings. The third-order valence-corrected chi connectivity index (χ3v) is 4.42. The van der Waals surface area contributed by atoms with E-state index in [0.717, 1.165) is 0 Å². The Morgan fingerprint density at radius 2 is 2.17 bits per heavy atom. The Hall–Kier alpha value is -2.48. The van der Waals surface area contributed by atoms with Crippen LogP contribution >= 0.6 is 11.8 Å². The van der Waals surface area contributed by atoms with Gasteiger partial charge in [-0.1, -0.05) is 18.7 Å². The van der Waals surface area contributed by atoms with E-state index in [-0.39, 0.29) is 24.0 Å². The molecular formula is C16H17N3O4S. The summed E-state index contributed by atoms with van der Waals surface area (Å²) in [6.07, 6.45) is 0.629. The van der Waals surface area contributed by atoms with Gasteiger partial charge >= 0.3 is 0 Å². The van der Waals surface area contributed by atoms with Crippen LogP contribution in [0.4, 0.5) is 5.69 Å². The van der Waals surface area contributed by atoms with Crippen LogP contribution in [0, 0.1) is 6.92 Å². The number of benzene rings is 1. The molecule has 0 unspecified atom stereocenters. The van der Waals surface area contributed by atoms with Crippen molar-refractivity contribution in [3.8, 4) is 11.5 Å². The van der Waals surface area contributed by atoms with Crippen molar-refractivity contribution < 1.29 is 14.3 Å². The van der Waals surface area contributed by atoms with Gasteiger partial charge in [-0.25, -0.2) is 4.98 Å². The molecule has 1 aliphatic heterocycles. The zero-order valence-electron chi connectivity index (χ0n) is 13.3. The summed E-state index contributed by atoms with van der Waals surface area (Å²) < 4.78 is 10.5. The Morgan fingerprint density at radius 1 is 1.38 bits per heavy atom. The van der Waals surface area contributed by atoms with Crippen LogP contribution < -0.4 is 20.3 Å². The summed E-state index contributed by atoms with van der Waals surface area (Å²) in [5.41, 5.74) is 1.84. The van der Waals surface area contributed by atoms with E-state index in [9.17, 15) is 9.59 Å². The van der Waals surface area contributed by atoms with Gasteiger partial charge in [-0.05, 0) is 25.5 Å². The lowest BCUT2D eigenvalue weighted by atomic mass is 10.2. The third-order valence-electron chi connectivity index (χ3n) is 3.55. The van der Waals surface area contributed by atoms with Crippen molar-refractivity contribution in [1.29, 1.82) is 0 Å². The van der Waals surface area contributed by atoms with E-state index in [1.807, 2.05) is 6.92 Å². The molecule has 24 heavy (non-hydrogen) atoms. The number of nitrogens with zero attached hydrogens (tertiary/aromatic N) is 1. The first-order valence-corrected chi connectivity index (χ1v) is 8.47. The number of carbonyl (C=O) groups excluding carboxylic acids is 1. The number of ether oxygens (including phenoxy) is 2. The Labute approximate surface area is 142 Å². The van der Waals surface area contributed by atoms with Gasteiger partial charge in [-0.15, -0.1) is 0 Å². The normalized spacial score (nSPS) is 12.2. The molecule has 0 aliphatic carbocycles. The van der Waals surface area contributed by atoms with Crippen LogP contribution in [0.25, 0.3) is 0 Å². The quantitative estimate of drug-likeness (QED) is 0.635. The average molecular weight is 347 g/mol. The standard InChI is InChI=1S/C16H17N3O4S/c1-3-11-9(2)17-16(19-15(11)21)24-7-14(20)18-10-4-5-12-13(6-10)23-8-22-12/h4-6H,3,7-8H2,1-2H3,(H,18,20)(H,17,19,21). The molecule has 0 saturated heterocycles. The number of aryl methyl sites for hydroxylation is 1. The number of thioether (sulfide) groups is 1. The summed E-state index contributed by atoms with van der Waals surface area (Å²) in [6, 6.07) is 5.21. The van der Waals surface area contributed by atoms with E-state index in [4.69, 9.17) is 9.47 Å². The van der Waals surface area contributed by atoms with Gasteiger partial charge in [0.05, 0.1) is 5.75 Å². The summed E-state index contributed by atoms with van der Waals surface area (Å²) in [4.78, 5) is 31.0. The minimum Gasteiger partial charge on any atom is -0.454 e. The Morgan fingerprint density at radius 3 is 2.92 bits per heavy atom. The molecule has 126 valence electrons. The van der Waals surface area contributed by atoms with E-state index >= 15 is 0 Å². The average Bonchev–Trinajstić information content (AvgIpc) is 3.00. The maximum Gasteiger partial charge on any atom is 0.254 e. The second-order valence-electron chi connectivity index (χ2n) is 5.19. The third kappa shape index (κ3) is 3.53. The lowest BCUT2D eigenvalue weighted by Crippen LogP contribution is -2.18. The molecule has 2 heterocycles. The monoisotopic (exact) mass is 347 g/mol. The van der Waals surface area contributed by atoms with Gasteiger partial charge < -0.3 is 19.8 Å². The number of aromatic nitrogens is 2. The van der Waals surface area contributed by atoms with Gasteiger partial charge in [0.2, 0.25) is 12.7 Å². The maximum absolute atomic E-state index is 12.1. The van der Waals surface area contributed by atoms with E-state index in [2.05, 4.69) is 15.3 Å². The highest BCUT2D eigenvalue weighted by molar-refractivity contribution is 7.99. The second-order valence-corrected chi connectivity index (χ2v) is 6.16. The number of anilines is 1. The van der Waals surface area contributed by atoms with Gasteiger partial charge in [0, 0.05) is 23.0 Å². The fraction of sp³-hybridized carbons (Fsp3) is 0.312. The largest absolute Gasteiger partial charge is 0.454 e. The first-order valence-electron chi connectivity index (χ1n) is 7.49. The van der Waals surface area contributed by atoms with Crippen molar-refractivity contribution in [2.75, 3.05) is 17.9 Å². The van der Waals surface area contributed by atoms with Crippen molar-refractivity contribution in [3.05, 3.63) is 39.8 Å². The fourth-order valence-electron chi connectivity index (χ4n) is 2.37. The molecule has 1 amide bonds. The van der Waals surface area contributed by atoms with Gasteiger partial charge in [-0.3, -0.25) is 9.59 Å². The number of fused-ring (bicyclic) bond motifs is 1. The van der Waals surface area contributed by atoms with Gasteiger partial charge in [-0.2, -0.15) is 0 Å². The highest BCUT2D eigenvalue weighted by Gasteiger charge is 2.14. The topological polar surface area (TPSA) is 93.3 Å². The number of carbonyl (C=O) groups is 1. The Bertz CT molecular complexity index is 835. The van der Waals surface area contributed by atoms with E-state index in [1.165, 1.54) is 11.8 Å². The zero-order chi connectivity index (χ0) is 17.1. The summed E-state index contributed by atoms with van der Waals surface area (Å²) in [5.74, 6) is 1.22. The molecule has 0 fully saturated rings. The molecule has 2 aromatic rings.